The molecule has 2 aromatic rings. The molecule has 0 spiro atoms. The number of ether oxygens (including phenoxy) is 2. The number of benzene rings is 2. The number of para-hydroxylation sites is 2. The summed E-state index contributed by atoms with van der Waals surface area (Å²) < 4.78 is 23.7. The number of methoxy groups -OCH3 is 1. The zero-order chi connectivity index (χ0) is 15.9. The predicted molar refractivity (Wildman–Crippen MR) is 78.2 cm³/mol. The van der Waals surface area contributed by atoms with Crippen LogP contribution < -0.4 is 14.8 Å². The number of nitriles is 1. The van der Waals surface area contributed by atoms with E-state index in [1.807, 2.05) is 0 Å². The van der Waals surface area contributed by atoms with Gasteiger partial charge in [0.1, 0.15) is 23.4 Å². The zero-order valence-electron chi connectivity index (χ0n) is 11.8. The maximum absolute atomic E-state index is 13.4. The van der Waals surface area contributed by atoms with Crippen LogP contribution in [0.3, 0.4) is 0 Å². The number of hydrogen-bond donors (Lipinski definition) is 1. The maximum Gasteiger partial charge on any atom is 0.262 e. The highest BCUT2D eigenvalue weighted by molar-refractivity contribution is 5.93. The van der Waals surface area contributed by atoms with Crippen molar-refractivity contribution in [3.8, 4) is 17.6 Å². The van der Waals surface area contributed by atoms with Gasteiger partial charge in [0.25, 0.3) is 5.91 Å². The molecule has 6 heteroatoms. The van der Waals surface area contributed by atoms with Gasteiger partial charge in [-0.2, -0.15) is 5.26 Å². The summed E-state index contributed by atoms with van der Waals surface area (Å²) in [5, 5.41) is 11.3. The van der Waals surface area contributed by atoms with Gasteiger partial charge >= 0.3 is 0 Å². The average molecular weight is 300 g/mol. The number of nitrogens with zero attached hydrogens (tertiary/aromatic N) is 1. The number of anilines is 1. The van der Waals surface area contributed by atoms with Gasteiger partial charge in [-0.15, -0.1) is 0 Å². The fourth-order valence-electron chi connectivity index (χ4n) is 1.76. The topological polar surface area (TPSA) is 71.3 Å². The van der Waals surface area contributed by atoms with E-state index in [-0.39, 0.29) is 17.9 Å². The van der Waals surface area contributed by atoms with Crippen molar-refractivity contribution in [3.63, 3.8) is 0 Å². The van der Waals surface area contributed by atoms with Crippen LogP contribution in [-0.2, 0) is 4.79 Å². The van der Waals surface area contributed by atoms with Gasteiger partial charge in [-0.05, 0) is 24.3 Å². The minimum atomic E-state index is -0.690. The third kappa shape index (κ3) is 3.73. The van der Waals surface area contributed by atoms with E-state index in [0.29, 0.717) is 11.4 Å². The van der Waals surface area contributed by atoms with E-state index < -0.39 is 11.7 Å². The van der Waals surface area contributed by atoms with Gasteiger partial charge in [-0.1, -0.05) is 12.1 Å². The monoisotopic (exact) mass is 300 g/mol. The Morgan fingerprint density at radius 3 is 2.77 bits per heavy atom. The molecule has 1 amide bonds. The van der Waals surface area contributed by atoms with Crippen LogP contribution in [0.5, 0.6) is 11.5 Å². The first kappa shape index (κ1) is 15.3. The minimum absolute atomic E-state index is 0.0779. The molecule has 0 aromatic heterocycles. The van der Waals surface area contributed by atoms with Crippen LogP contribution in [0.15, 0.2) is 42.5 Å². The number of carbonyl (C=O) groups excluding carboxylic acids is 1. The molecule has 0 fully saturated rings. The van der Waals surface area contributed by atoms with Crippen molar-refractivity contribution in [2.24, 2.45) is 0 Å². The Kier molecular flexibility index (Phi) is 4.94. The van der Waals surface area contributed by atoms with Crippen molar-refractivity contribution in [2.75, 3.05) is 19.0 Å². The van der Waals surface area contributed by atoms with Gasteiger partial charge in [-0.3, -0.25) is 4.79 Å². The standard InChI is InChI=1S/C16H13FN2O3/c1-21-15-5-3-2-4-14(15)19-16(20)10-22-12-7-6-11(9-18)13(17)8-12/h2-8H,10H2,1H3,(H,19,20). The first-order chi connectivity index (χ1) is 10.6. The summed E-state index contributed by atoms with van der Waals surface area (Å²) in [6.45, 7) is -0.288. The van der Waals surface area contributed by atoms with Crippen molar-refractivity contribution in [2.45, 2.75) is 0 Å². The van der Waals surface area contributed by atoms with E-state index >= 15 is 0 Å². The van der Waals surface area contributed by atoms with E-state index in [9.17, 15) is 9.18 Å². The van der Waals surface area contributed by atoms with Crippen LogP contribution >= 0.6 is 0 Å². The van der Waals surface area contributed by atoms with Crippen molar-refractivity contribution >= 4 is 11.6 Å². The lowest BCUT2D eigenvalue weighted by atomic mass is 10.2. The van der Waals surface area contributed by atoms with Crippen LogP contribution in [0, 0.1) is 17.1 Å². The molecular weight excluding hydrogens is 287 g/mol. The molecule has 0 radical (unpaired) electrons. The van der Waals surface area contributed by atoms with Gasteiger partial charge in [0, 0.05) is 6.07 Å². The quantitative estimate of drug-likeness (QED) is 0.921. The van der Waals surface area contributed by atoms with Crippen LogP contribution in [0.1, 0.15) is 5.56 Å². The molecule has 0 heterocycles. The van der Waals surface area contributed by atoms with E-state index in [0.717, 1.165) is 6.07 Å². The SMILES string of the molecule is COc1ccccc1NC(=O)COc1ccc(C#N)c(F)c1. The number of halogens is 1. The lowest BCUT2D eigenvalue weighted by Gasteiger charge is -2.10. The van der Waals surface area contributed by atoms with Crippen molar-refractivity contribution < 1.29 is 18.7 Å². The average Bonchev–Trinajstić information content (AvgIpc) is 2.53. The number of hydrogen-bond acceptors (Lipinski definition) is 4. The Morgan fingerprint density at radius 1 is 1.32 bits per heavy atom. The molecule has 0 atom stereocenters. The van der Waals surface area contributed by atoms with E-state index in [4.69, 9.17) is 14.7 Å². The third-order valence-corrected chi connectivity index (χ3v) is 2.81. The predicted octanol–water partition coefficient (Wildman–Crippen LogP) is 2.72. The first-order valence-electron chi connectivity index (χ1n) is 6.39. The van der Waals surface area contributed by atoms with Gasteiger partial charge in [-0.25, -0.2) is 4.39 Å². The molecule has 0 unspecified atom stereocenters. The molecular formula is C16H13FN2O3. The summed E-state index contributed by atoms with van der Waals surface area (Å²) >= 11 is 0. The molecule has 0 saturated heterocycles. The van der Waals surface area contributed by atoms with Crippen molar-refractivity contribution in [3.05, 3.63) is 53.8 Å². The van der Waals surface area contributed by atoms with Gasteiger partial charge in [0.15, 0.2) is 6.61 Å². The highest BCUT2D eigenvalue weighted by Gasteiger charge is 2.09. The molecule has 0 aliphatic carbocycles. The fourth-order valence-corrected chi connectivity index (χ4v) is 1.76. The van der Waals surface area contributed by atoms with Crippen molar-refractivity contribution in [1.82, 2.24) is 0 Å². The van der Waals surface area contributed by atoms with E-state index in [2.05, 4.69) is 5.32 Å². The van der Waals surface area contributed by atoms with Crippen LogP contribution in [-0.4, -0.2) is 19.6 Å². The molecule has 2 rings (SSSR count). The maximum atomic E-state index is 13.4. The molecule has 0 saturated carbocycles. The normalized spacial score (nSPS) is 9.68. The lowest BCUT2D eigenvalue weighted by molar-refractivity contribution is -0.118. The highest BCUT2D eigenvalue weighted by Crippen LogP contribution is 2.23. The Balaban J connectivity index is 1.96. The van der Waals surface area contributed by atoms with Crippen LogP contribution in [0.25, 0.3) is 0 Å². The third-order valence-electron chi connectivity index (χ3n) is 2.81. The fraction of sp³-hybridized carbons (Fsp3) is 0.125. The van der Waals surface area contributed by atoms with Crippen molar-refractivity contribution in [1.29, 1.82) is 5.26 Å². The number of amides is 1. The molecule has 0 aliphatic heterocycles. The summed E-state index contributed by atoms with van der Waals surface area (Å²) in [5.41, 5.74) is 0.440. The Labute approximate surface area is 126 Å². The molecule has 5 nitrogen and oxygen atoms in total. The zero-order valence-corrected chi connectivity index (χ0v) is 11.8. The largest absolute Gasteiger partial charge is 0.495 e. The number of rotatable bonds is 5. The van der Waals surface area contributed by atoms with Gasteiger partial charge in [0.2, 0.25) is 0 Å². The number of carbonyl (C=O) groups is 1. The summed E-state index contributed by atoms with van der Waals surface area (Å²) in [4.78, 5) is 11.8. The molecule has 112 valence electrons. The van der Waals surface area contributed by atoms with Gasteiger partial charge in [0.05, 0.1) is 18.4 Å². The van der Waals surface area contributed by atoms with E-state index in [1.54, 1.807) is 30.3 Å². The second-order valence-electron chi connectivity index (χ2n) is 4.29. The van der Waals surface area contributed by atoms with E-state index in [1.165, 1.54) is 19.2 Å². The van der Waals surface area contributed by atoms with Gasteiger partial charge < -0.3 is 14.8 Å². The molecule has 0 aliphatic rings. The smallest absolute Gasteiger partial charge is 0.262 e. The minimum Gasteiger partial charge on any atom is -0.495 e. The summed E-state index contributed by atoms with van der Waals surface area (Å²) in [7, 11) is 1.50. The summed E-state index contributed by atoms with van der Waals surface area (Å²) in [6.07, 6.45) is 0. The first-order valence-corrected chi connectivity index (χ1v) is 6.39. The molecule has 2 aromatic carbocycles. The number of nitrogens with one attached hydrogen (secondary N) is 1. The van der Waals surface area contributed by atoms with Crippen LogP contribution in [0.4, 0.5) is 10.1 Å². The summed E-state index contributed by atoms with van der Waals surface area (Å²) in [5.74, 6) is -0.397. The Hall–Kier alpha value is -3.07. The second-order valence-corrected chi connectivity index (χ2v) is 4.29. The molecule has 1 N–H and O–H groups in total. The summed E-state index contributed by atoms with van der Waals surface area (Å²) in [6, 6.07) is 12.4. The van der Waals surface area contributed by atoms with Crippen LogP contribution in [0.2, 0.25) is 0 Å². The second kappa shape index (κ2) is 7.09. The Bertz CT molecular complexity index is 726. The molecule has 0 bridgehead atoms. The molecule has 22 heavy (non-hydrogen) atoms. The lowest BCUT2D eigenvalue weighted by Crippen LogP contribution is -2.20. The highest BCUT2D eigenvalue weighted by atomic mass is 19.1. The Morgan fingerprint density at radius 2 is 2.09 bits per heavy atom.